The van der Waals surface area contributed by atoms with Crippen LogP contribution in [0.25, 0.3) is 76.9 Å². The van der Waals surface area contributed by atoms with Crippen molar-refractivity contribution in [1.29, 1.82) is 0 Å². The molecular formula is C58H38N2O2. The number of nitrogens with zero attached hydrogens (tertiary/aromatic N) is 2. The van der Waals surface area contributed by atoms with E-state index >= 15 is 0 Å². The minimum Gasteiger partial charge on any atom is -0.454 e. The lowest BCUT2D eigenvalue weighted by molar-refractivity contribution is 0.669. The molecule has 0 spiro atoms. The molecule has 0 fully saturated rings. The van der Waals surface area contributed by atoms with Crippen LogP contribution < -0.4 is 9.80 Å². The Morgan fingerprint density at radius 1 is 0.274 bits per heavy atom. The smallest absolute Gasteiger partial charge is 0.159 e. The fourth-order valence-corrected chi connectivity index (χ4v) is 9.20. The van der Waals surface area contributed by atoms with Crippen LogP contribution in [-0.2, 0) is 0 Å². The highest BCUT2D eigenvalue weighted by molar-refractivity contribution is 6.13. The predicted molar refractivity (Wildman–Crippen MR) is 259 cm³/mol. The van der Waals surface area contributed by atoms with Gasteiger partial charge in [-0.05, 0) is 82.7 Å². The monoisotopic (exact) mass is 794 g/mol. The molecule has 2 aromatic heterocycles. The second-order valence-electron chi connectivity index (χ2n) is 15.7. The number of hydrogen-bond acceptors (Lipinski definition) is 4. The second-order valence-corrected chi connectivity index (χ2v) is 15.7. The Bertz CT molecular complexity index is 3600. The van der Waals surface area contributed by atoms with Crippen LogP contribution in [-0.4, -0.2) is 0 Å². The van der Waals surface area contributed by atoms with Crippen LogP contribution in [0.4, 0.5) is 34.1 Å². The van der Waals surface area contributed by atoms with Crippen LogP contribution in [0, 0.1) is 0 Å². The highest BCUT2D eigenvalue weighted by atomic mass is 16.3. The number of benzene rings is 10. The zero-order valence-electron chi connectivity index (χ0n) is 33.7. The van der Waals surface area contributed by atoms with E-state index in [2.05, 4.69) is 216 Å². The molecule has 0 aliphatic carbocycles. The first-order valence-electron chi connectivity index (χ1n) is 21.0. The molecule has 0 amide bonds. The van der Waals surface area contributed by atoms with Crippen molar-refractivity contribution in [1.82, 2.24) is 0 Å². The topological polar surface area (TPSA) is 32.8 Å². The summed E-state index contributed by atoms with van der Waals surface area (Å²) < 4.78 is 13.4. The number of furan rings is 2. The zero-order chi connectivity index (χ0) is 41.0. The standard InChI is InChI=1S/C58H38N2O2/c1-2-16-39(17-3-1)40-34-36-43(37-35-40)59(53-30-14-26-49-47-24-7-10-32-55(47)61-57(49)53)44-21-12-20-42(38-44)46-23-6-9-28-51(46)60(52-29-13-19-41-18-4-5-22-45(41)52)54-31-15-27-50-48-25-8-11-33-56(48)62-58(50)54/h1-38H. The zero-order valence-corrected chi connectivity index (χ0v) is 33.7. The summed E-state index contributed by atoms with van der Waals surface area (Å²) in [4.78, 5) is 4.70. The van der Waals surface area contributed by atoms with Gasteiger partial charge in [0.2, 0.25) is 0 Å². The van der Waals surface area contributed by atoms with Crippen molar-refractivity contribution in [3.8, 4) is 22.3 Å². The summed E-state index contributed by atoms with van der Waals surface area (Å²) in [5.74, 6) is 0. The molecule has 4 nitrogen and oxygen atoms in total. The molecule has 0 atom stereocenters. The SMILES string of the molecule is c1ccc(-c2ccc(N(c3cccc(-c4ccccc4N(c4cccc5ccccc45)c4cccc5c4oc4ccccc45)c3)c3cccc4c3oc3ccccc34)cc2)cc1. The van der Waals surface area contributed by atoms with Crippen molar-refractivity contribution >= 4 is 88.8 Å². The highest BCUT2D eigenvalue weighted by Gasteiger charge is 2.25. The van der Waals surface area contributed by atoms with Crippen LogP contribution in [0.1, 0.15) is 0 Å². The lowest BCUT2D eigenvalue weighted by atomic mass is 9.99. The molecule has 2 heterocycles. The summed E-state index contributed by atoms with van der Waals surface area (Å²) in [5.41, 5.74) is 14.0. The second kappa shape index (κ2) is 14.7. The van der Waals surface area contributed by atoms with Gasteiger partial charge in [-0.2, -0.15) is 0 Å². The van der Waals surface area contributed by atoms with Crippen LogP contribution in [0.2, 0.25) is 0 Å². The minimum absolute atomic E-state index is 0.840. The van der Waals surface area contributed by atoms with Crippen LogP contribution in [0.3, 0.4) is 0 Å². The Balaban J connectivity index is 1.07. The van der Waals surface area contributed by atoms with E-state index in [1.54, 1.807) is 0 Å². The van der Waals surface area contributed by atoms with Crippen molar-refractivity contribution in [2.75, 3.05) is 9.80 Å². The third-order valence-corrected chi connectivity index (χ3v) is 12.0. The van der Waals surface area contributed by atoms with E-state index in [-0.39, 0.29) is 0 Å². The fourth-order valence-electron chi connectivity index (χ4n) is 9.20. The Morgan fingerprint density at radius 2 is 0.758 bits per heavy atom. The van der Waals surface area contributed by atoms with Crippen LogP contribution in [0.5, 0.6) is 0 Å². The molecule has 12 rings (SSSR count). The molecule has 0 unspecified atom stereocenters. The van der Waals surface area contributed by atoms with Crippen LogP contribution >= 0.6 is 0 Å². The van der Waals surface area contributed by atoms with Crippen molar-refractivity contribution in [2.24, 2.45) is 0 Å². The minimum atomic E-state index is 0.840. The number of hydrogen-bond donors (Lipinski definition) is 0. The molecule has 0 saturated heterocycles. The fraction of sp³-hybridized carbons (Fsp3) is 0. The van der Waals surface area contributed by atoms with Gasteiger partial charge < -0.3 is 18.6 Å². The number of fused-ring (bicyclic) bond motifs is 7. The lowest BCUT2D eigenvalue weighted by Gasteiger charge is -2.29. The van der Waals surface area contributed by atoms with Crippen molar-refractivity contribution in [2.45, 2.75) is 0 Å². The van der Waals surface area contributed by atoms with Gasteiger partial charge in [0.1, 0.15) is 11.2 Å². The van der Waals surface area contributed by atoms with E-state index in [0.29, 0.717) is 0 Å². The van der Waals surface area contributed by atoms with E-state index in [1.807, 2.05) is 24.3 Å². The summed E-state index contributed by atoms with van der Waals surface area (Å²) in [6, 6.07) is 81.5. The molecule has 0 N–H and O–H groups in total. The quantitative estimate of drug-likeness (QED) is 0.153. The largest absolute Gasteiger partial charge is 0.454 e. The summed E-state index contributed by atoms with van der Waals surface area (Å²) in [5, 5.41) is 6.67. The molecule has 10 aromatic carbocycles. The highest BCUT2D eigenvalue weighted by Crippen LogP contribution is 2.48. The maximum Gasteiger partial charge on any atom is 0.159 e. The van der Waals surface area contributed by atoms with Gasteiger partial charge in [-0.15, -0.1) is 0 Å². The first kappa shape index (κ1) is 35.6. The molecule has 62 heavy (non-hydrogen) atoms. The van der Waals surface area contributed by atoms with Crippen molar-refractivity contribution in [3.05, 3.63) is 231 Å². The summed E-state index contributed by atoms with van der Waals surface area (Å²) in [7, 11) is 0. The van der Waals surface area contributed by atoms with Gasteiger partial charge in [-0.25, -0.2) is 0 Å². The molecule has 292 valence electrons. The molecule has 0 bridgehead atoms. The van der Waals surface area contributed by atoms with Gasteiger partial charge in [0.15, 0.2) is 11.2 Å². The Labute approximate surface area is 358 Å². The Morgan fingerprint density at radius 3 is 1.48 bits per heavy atom. The maximum absolute atomic E-state index is 6.75. The molecule has 4 heteroatoms. The summed E-state index contributed by atoms with van der Waals surface area (Å²) in [6.45, 7) is 0. The van der Waals surface area contributed by atoms with E-state index in [0.717, 1.165) is 100 Å². The first-order chi connectivity index (χ1) is 30.8. The summed E-state index contributed by atoms with van der Waals surface area (Å²) in [6.07, 6.45) is 0. The normalized spacial score (nSPS) is 11.5. The Hall–Kier alpha value is -8.34. The predicted octanol–water partition coefficient (Wildman–Crippen LogP) is 16.9. The average Bonchev–Trinajstić information content (AvgIpc) is 3.92. The van der Waals surface area contributed by atoms with Gasteiger partial charge >= 0.3 is 0 Å². The van der Waals surface area contributed by atoms with Gasteiger partial charge in [0.25, 0.3) is 0 Å². The maximum atomic E-state index is 6.75. The van der Waals surface area contributed by atoms with Gasteiger partial charge in [-0.1, -0.05) is 170 Å². The van der Waals surface area contributed by atoms with E-state index in [9.17, 15) is 0 Å². The van der Waals surface area contributed by atoms with Crippen molar-refractivity contribution in [3.63, 3.8) is 0 Å². The van der Waals surface area contributed by atoms with Crippen LogP contribution in [0.15, 0.2) is 239 Å². The third-order valence-electron chi connectivity index (χ3n) is 12.0. The van der Waals surface area contributed by atoms with Gasteiger partial charge in [0.05, 0.1) is 22.7 Å². The first-order valence-corrected chi connectivity index (χ1v) is 21.0. The third kappa shape index (κ3) is 5.92. The molecular weight excluding hydrogens is 757 g/mol. The number of para-hydroxylation sites is 5. The lowest BCUT2D eigenvalue weighted by Crippen LogP contribution is -2.12. The average molecular weight is 795 g/mol. The van der Waals surface area contributed by atoms with E-state index in [4.69, 9.17) is 8.83 Å². The van der Waals surface area contributed by atoms with E-state index in [1.165, 1.54) is 10.9 Å². The Kier molecular flexibility index (Phi) is 8.46. The molecule has 12 aromatic rings. The molecule has 0 aliphatic rings. The number of anilines is 6. The number of rotatable bonds is 8. The van der Waals surface area contributed by atoms with E-state index < -0.39 is 0 Å². The van der Waals surface area contributed by atoms with Gasteiger partial charge in [0, 0.05) is 43.9 Å². The molecule has 0 radical (unpaired) electrons. The molecule has 0 aliphatic heterocycles. The van der Waals surface area contributed by atoms with Gasteiger partial charge in [-0.3, -0.25) is 0 Å². The molecule has 0 saturated carbocycles. The summed E-state index contributed by atoms with van der Waals surface area (Å²) >= 11 is 0. The van der Waals surface area contributed by atoms with Crippen molar-refractivity contribution < 1.29 is 8.83 Å².